The molecule has 106 valence electrons. The van der Waals surface area contributed by atoms with Crippen LogP contribution in [0.15, 0.2) is 0 Å². The molecule has 0 aromatic rings. The number of nitrogens with one attached hydrogen (secondary N) is 1. The number of piperazine rings is 1. The predicted octanol–water partition coefficient (Wildman–Crippen LogP) is -0.134. The summed E-state index contributed by atoms with van der Waals surface area (Å²) in [5.41, 5.74) is 5.62. The number of carbonyl (C=O) groups excluding carboxylic acids is 1. The fraction of sp³-hybridized carbons (Fsp3) is 0.923. The zero-order chi connectivity index (χ0) is 13.8. The molecule has 1 aliphatic heterocycles. The molecule has 0 radical (unpaired) electrons. The van der Waals surface area contributed by atoms with Crippen LogP contribution in [-0.2, 0) is 4.79 Å². The number of hydrogen-bond acceptors (Lipinski definition) is 4. The van der Waals surface area contributed by atoms with E-state index in [0.717, 1.165) is 26.2 Å². The molecule has 0 aromatic heterocycles. The van der Waals surface area contributed by atoms with Crippen molar-refractivity contribution in [3.8, 4) is 0 Å². The summed E-state index contributed by atoms with van der Waals surface area (Å²) < 4.78 is 0. The molecule has 3 N–H and O–H groups in total. The minimum absolute atomic E-state index is 0.00869. The van der Waals surface area contributed by atoms with Gasteiger partial charge in [0.05, 0.1) is 0 Å². The maximum atomic E-state index is 11.6. The van der Waals surface area contributed by atoms with Crippen LogP contribution in [0.4, 0.5) is 0 Å². The zero-order valence-electron chi connectivity index (χ0n) is 12.2. The molecule has 1 amide bonds. The second-order valence-electron chi connectivity index (χ2n) is 6.06. The predicted molar refractivity (Wildman–Crippen MR) is 74.4 cm³/mol. The number of hydrogen-bond donors (Lipinski definition) is 2. The molecule has 1 aliphatic rings. The third kappa shape index (κ3) is 4.92. The first kappa shape index (κ1) is 15.4. The largest absolute Gasteiger partial charge is 0.354 e. The van der Waals surface area contributed by atoms with Gasteiger partial charge in [-0.05, 0) is 27.8 Å². The fourth-order valence-corrected chi connectivity index (χ4v) is 2.20. The van der Waals surface area contributed by atoms with Crippen LogP contribution in [0.5, 0.6) is 0 Å². The Bertz CT molecular complexity index is 270. The van der Waals surface area contributed by atoms with Crippen molar-refractivity contribution in [1.29, 1.82) is 0 Å². The van der Waals surface area contributed by atoms with Gasteiger partial charge >= 0.3 is 0 Å². The number of likely N-dealkylation sites (N-methyl/N-ethyl adjacent to an activating group) is 1. The van der Waals surface area contributed by atoms with E-state index in [1.807, 2.05) is 6.92 Å². The number of rotatable bonds is 5. The van der Waals surface area contributed by atoms with E-state index in [1.165, 1.54) is 0 Å². The fourth-order valence-electron chi connectivity index (χ4n) is 2.20. The molecule has 18 heavy (non-hydrogen) atoms. The Labute approximate surface area is 111 Å². The lowest BCUT2D eigenvalue weighted by atomic mass is 10.0. The summed E-state index contributed by atoms with van der Waals surface area (Å²) in [6.07, 6.45) is 0.402. The van der Waals surface area contributed by atoms with E-state index >= 15 is 0 Å². The van der Waals surface area contributed by atoms with Gasteiger partial charge in [-0.25, -0.2) is 0 Å². The number of nitrogens with zero attached hydrogens (tertiary/aromatic N) is 2. The van der Waals surface area contributed by atoms with Gasteiger partial charge < -0.3 is 16.0 Å². The molecule has 0 aliphatic carbocycles. The first-order valence-corrected chi connectivity index (χ1v) is 6.77. The average Bonchev–Trinajstić information content (AvgIpc) is 2.26. The first-order valence-electron chi connectivity index (χ1n) is 6.77. The van der Waals surface area contributed by atoms with Gasteiger partial charge in [0.25, 0.3) is 0 Å². The minimum Gasteiger partial charge on any atom is -0.354 e. The molecule has 1 fully saturated rings. The maximum absolute atomic E-state index is 11.6. The Hall–Kier alpha value is -0.650. The normalized spacial score (nSPS) is 20.7. The third-order valence-electron chi connectivity index (χ3n) is 3.58. The molecule has 0 saturated carbocycles. The number of nitrogens with two attached hydrogens (primary N) is 1. The van der Waals surface area contributed by atoms with E-state index in [9.17, 15) is 4.79 Å². The molecule has 0 aromatic carbocycles. The van der Waals surface area contributed by atoms with Gasteiger partial charge in [0.2, 0.25) is 5.91 Å². The van der Waals surface area contributed by atoms with Crippen molar-refractivity contribution in [2.75, 3.05) is 39.8 Å². The summed E-state index contributed by atoms with van der Waals surface area (Å²) in [5, 5.41) is 2.99. The van der Waals surface area contributed by atoms with Crippen LogP contribution in [0.25, 0.3) is 0 Å². The van der Waals surface area contributed by atoms with E-state index in [-0.39, 0.29) is 17.5 Å². The highest BCUT2D eigenvalue weighted by atomic mass is 16.1. The maximum Gasteiger partial charge on any atom is 0.221 e. The monoisotopic (exact) mass is 256 g/mol. The summed E-state index contributed by atoms with van der Waals surface area (Å²) in [4.78, 5) is 16.4. The van der Waals surface area contributed by atoms with Crippen LogP contribution in [0.3, 0.4) is 0 Å². The first-order chi connectivity index (χ1) is 8.31. The smallest absolute Gasteiger partial charge is 0.221 e. The third-order valence-corrected chi connectivity index (χ3v) is 3.58. The van der Waals surface area contributed by atoms with Crippen LogP contribution in [0.2, 0.25) is 0 Å². The molecule has 1 saturated heterocycles. The Balaban J connectivity index is 2.37. The van der Waals surface area contributed by atoms with Crippen LogP contribution in [0.1, 0.15) is 27.2 Å². The van der Waals surface area contributed by atoms with Crippen molar-refractivity contribution in [3.05, 3.63) is 0 Å². The number of carbonyl (C=O) groups is 1. The standard InChI is InChI=1S/C13H28N4O/c1-11(14)9-12(18)15-10-13(2,3)17-7-5-16(4)6-8-17/h11H,5-10,14H2,1-4H3,(H,15,18). The van der Waals surface area contributed by atoms with Crippen molar-refractivity contribution < 1.29 is 4.79 Å². The van der Waals surface area contributed by atoms with Crippen molar-refractivity contribution in [2.24, 2.45) is 5.73 Å². The van der Waals surface area contributed by atoms with E-state index in [4.69, 9.17) is 5.73 Å². The van der Waals surface area contributed by atoms with E-state index in [1.54, 1.807) is 0 Å². The highest BCUT2D eigenvalue weighted by Crippen LogP contribution is 2.15. The van der Waals surface area contributed by atoms with Gasteiger partial charge in [-0.15, -0.1) is 0 Å². The Morgan fingerprint density at radius 2 is 1.89 bits per heavy atom. The summed E-state index contributed by atoms with van der Waals surface area (Å²) in [6.45, 7) is 11.2. The molecule has 5 nitrogen and oxygen atoms in total. The van der Waals surface area contributed by atoms with Gasteiger partial charge in [0.1, 0.15) is 0 Å². The van der Waals surface area contributed by atoms with Gasteiger partial charge in [-0.3, -0.25) is 9.69 Å². The SMILES string of the molecule is CC(N)CC(=O)NCC(C)(C)N1CCN(C)CC1. The average molecular weight is 256 g/mol. The Kier molecular flexibility index (Phi) is 5.56. The lowest BCUT2D eigenvalue weighted by molar-refractivity contribution is -0.122. The number of amides is 1. The Morgan fingerprint density at radius 3 is 2.39 bits per heavy atom. The van der Waals surface area contributed by atoms with E-state index in [2.05, 4.69) is 36.0 Å². The van der Waals surface area contributed by atoms with Gasteiger partial charge in [0.15, 0.2) is 0 Å². The molecular weight excluding hydrogens is 228 g/mol. The topological polar surface area (TPSA) is 61.6 Å². The van der Waals surface area contributed by atoms with Crippen molar-refractivity contribution >= 4 is 5.91 Å². The molecule has 0 bridgehead atoms. The van der Waals surface area contributed by atoms with E-state index in [0.29, 0.717) is 13.0 Å². The van der Waals surface area contributed by atoms with Crippen LogP contribution in [0, 0.1) is 0 Å². The highest BCUT2D eigenvalue weighted by molar-refractivity contribution is 5.76. The second kappa shape index (κ2) is 6.50. The molecule has 1 heterocycles. The zero-order valence-corrected chi connectivity index (χ0v) is 12.2. The minimum atomic E-state index is -0.0725. The summed E-state index contributed by atoms with van der Waals surface area (Å²) in [5.74, 6) is 0.0483. The van der Waals surface area contributed by atoms with Crippen molar-refractivity contribution in [1.82, 2.24) is 15.1 Å². The molecule has 0 spiro atoms. The molecule has 1 atom stereocenters. The van der Waals surface area contributed by atoms with Crippen molar-refractivity contribution in [3.63, 3.8) is 0 Å². The summed E-state index contributed by atoms with van der Waals surface area (Å²) >= 11 is 0. The second-order valence-corrected chi connectivity index (χ2v) is 6.06. The van der Waals surface area contributed by atoms with Crippen molar-refractivity contribution in [2.45, 2.75) is 38.8 Å². The lowest BCUT2D eigenvalue weighted by Crippen LogP contribution is -2.58. The lowest BCUT2D eigenvalue weighted by Gasteiger charge is -2.43. The van der Waals surface area contributed by atoms with Crippen LogP contribution < -0.4 is 11.1 Å². The molecular formula is C13H28N4O. The molecule has 1 rings (SSSR count). The summed E-state index contributed by atoms with van der Waals surface area (Å²) in [7, 11) is 2.15. The molecule has 1 unspecified atom stereocenters. The van der Waals surface area contributed by atoms with Gasteiger partial charge in [-0.1, -0.05) is 0 Å². The molecule has 5 heteroatoms. The van der Waals surface area contributed by atoms with Gasteiger partial charge in [-0.2, -0.15) is 0 Å². The summed E-state index contributed by atoms with van der Waals surface area (Å²) in [6, 6.07) is -0.0725. The highest BCUT2D eigenvalue weighted by Gasteiger charge is 2.29. The van der Waals surface area contributed by atoms with E-state index < -0.39 is 0 Å². The quantitative estimate of drug-likeness (QED) is 0.719. The van der Waals surface area contributed by atoms with Gasteiger partial charge in [0, 0.05) is 50.7 Å². The van der Waals surface area contributed by atoms with Crippen LogP contribution >= 0.6 is 0 Å². The van der Waals surface area contributed by atoms with Crippen LogP contribution in [-0.4, -0.2) is 67.1 Å². The Morgan fingerprint density at radius 1 is 1.33 bits per heavy atom.